The van der Waals surface area contributed by atoms with Crippen molar-refractivity contribution in [1.29, 1.82) is 0 Å². The van der Waals surface area contributed by atoms with E-state index in [0.29, 0.717) is 17.8 Å². The molecule has 8 nitrogen and oxygen atoms in total. The van der Waals surface area contributed by atoms with Crippen LogP contribution in [0.4, 0.5) is 13.6 Å². The number of carbonyl (C=O) groups excluding carboxylic acids is 2. The van der Waals surface area contributed by atoms with Crippen LogP contribution in [0.3, 0.4) is 0 Å². The van der Waals surface area contributed by atoms with Crippen molar-refractivity contribution in [3.8, 4) is 16.9 Å². The average Bonchev–Trinajstić information content (AvgIpc) is 2.71. The summed E-state index contributed by atoms with van der Waals surface area (Å²) in [6, 6.07) is 5.68. The predicted octanol–water partition coefficient (Wildman–Crippen LogP) is 3.48. The maximum Gasteiger partial charge on any atom is 0.373 e. The molecule has 1 amide bonds. The lowest BCUT2D eigenvalue weighted by Gasteiger charge is -2.20. The largest absolute Gasteiger partial charge is 0.480 e. The van der Waals surface area contributed by atoms with Crippen molar-refractivity contribution in [2.24, 2.45) is 0 Å². The van der Waals surface area contributed by atoms with Crippen molar-refractivity contribution in [3.05, 3.63) is 53.6 Å². The molecule has 32 heavy (non-hydrogen) atoms. The van der Waals surface area contributed by atoms with Crippen LogP contribution in [-0.2, 0) is 14.3 Å². The topological polar surface area (TPSA) is 122 Å². The number of carbonyl (C=O) groups is 3. The molecule has 0 radical (unpaired) electrons. The molecule has 0 saturated heterocycles. The number of carboxylic acid groups (broad SMARTS) is 1. The number of methoxy groups -OCH3 is 1. The molecule has 0 aromatic heterocycles. The van der Waals surface area contributed by atoms with E-state index in [2.05, 4.69) is 5.32 Å². The minimum absolute atomic E-state index is 0.00743. The van der Waals surface area contributed by atoms with Gasteiger partial charge >= 0.3 is 11.3 Å². The summed E-state index contributed by atoms with van der Waals surface area (Å²) in [4.78, 5) is 34.9. The zero-order valence-corrected chi connectivity index (χ0v) is 18.1. The fourth-order valence-electron chi connectivity index (χ4n) is 2.79. The van der Waals surface area contributed by atoms with Crippen LogP contribution in [0.25, 0.3) is 11.1 Å². The molecule has 0 aliphatic rings. The van der Waals surface area contributed by atoms with E-state index in [4.69, 9.17) is 9.47 Å². The molecule has 0 aliphatic carbocycles. The Bertz CT molecular complexity index is 1020. The van der Waals surface area contributed by atoms with Gasteiger partial charge in [0, 0.05) is 30.9 Å². The number of aliphatic hydroxyl groups is 1. The Kier molecular flexibility index (Phi) is 8.70. The molecule has 0 aliphatic heterocycles. The number of aliphatic carboxylic acids is 1. The summed E-state index contributed by atoms with van der Waals surface area (Å²) >= 11 is 0.525. The summed E-state index contributed by atoms with van der Waals surface area (Å²) < 4.78 is 37.4. The van der Waals surface area contributed by atoms with Gasteiger partial charge in [0.05, 0.1) is 5.56 Å². The second-order valence-corrected chi connectivity index (χ2v) is 7.97. The molecule has 3 atom stereocenters. The monoisotopic (exact) mass is 469 g/mol. The summed E-state index contributed by atoms with van der Waals surface area (Å²) in [5.41, 5.74) is 0.314. The molecule has 11 heteroatoms. The number of aliphatic hydroxyl groups excluding tert-OH is 1. The molecule has 0 fully saturated rings. The Morgan fingerprint density at radius 3 is 2.38 bits per heavy atom. The summed E-state index contributed by atoms with van der Waals surface area (Å²) in [7, 11) is 1.20. The number of ether oxygens (including phenoxy) is 2. The highest BCUT2D eigenvalue weighted by molar-refractivity contribution is 8.13. The third-order valence-electron chi connectivity index (χ3n) is 4.31. The minimum Gasteiger partial charge on any atom is -0.480 e. The highest BCUT2D eigenvalue weighted by Crippen LogP contribution is 2.34. The number of carboxylic acids is 1. The molecule has 0 saturated carbocycles. The molecule has 2 rings (SSSR count). The van der Waals surface area contributed by atoms with E-state index in [1.54, 1.807) is 0 Å². The maximum absolute atomic E-state index is 14.1. The Labute approximate surface area is 186 Å². The van der Waals surface area contributed by atoms with Gasteiger partial charge in [-0.15, -0.1) is 0 Å². The van der Waals surface area contributed by atoms with Crippen molar-refractivity contribution < 1.29 is 42.9 Å². The van der Waals surface area contributed by atoms with Crippen molar-refractivity contribution >= 4 is 28.9 Å². The van der Waals surface area contributed by atoms with Gasteiger partial charge in [0.25, 0.3) is 0 Å². The van der Waals surface area contributed by atoms with Gasteiger partial charge < -0.3 is 25.0 Å². The highest BCUT2D eigenvalue weighted by Gasteiger charge is 2.29. The van der Waals surface area contributed by atoms with E-state index >= 15 is 0 Å². The first kappa shape index (κ1) is 25.2. The smallest absolute Gasteiger partial charge is 0.373 e. The van der Waals surface area contributed by atoms with E-state index in [1.807, 2.05) is 0 Å². The van der Waals surface area contributed by atoms with E-state index in [0.717, 1.165) is 13.0 Å². The van der Waals surface area contributed by atoms with E-state index < -0.39 is 46.4 Å². The summed E-state index contributed by atoms with van der Waals surface area (Å²) in [6.07, 6.45) is -1.53. The van der Waals surface area contributed by atoms with Crippen LogP contribution in [-0.4, -0.2) is 45.8 Å². The van der Waals surface area contributed by atoms with E-state index in [-0.39, 0.29) is 22.4 Å². The lowest BCUT2D eigenvalue weighted by Crippen LogP contribution is -2.46. The average molecular weight is 469 g/mol. The van der Waals surface area contributed by atoms with Gasteiger partial charge in [-0.2, -0.15) is 0 Å². The number of halogens is 2. The van der Waals surface area contributed by atoms with Gasteiger partial charge in [0.15, 0.2) is 6.29 Å². The van der Waals surface area contributed by atoms with Gasteiger partial charge in [-0.1, -0.05) is 13.0 Å². The number of hydrogen-bond acceptors (Lipinski definition) is 7. The van der Waals surface area contributed by atoms with Crippen LogP contribution < -0.4 is 10.1 Å². The van der Waals surface area contributed by atoms with Crippen molar-refractivity contribution in [1.82, 2.24) is 5.32 Å². The Morgan fingerprint density at radius 1 is 1.12 bits per heavy atom. The van der Waals surface area contributed by atoms with Crippen LogP contribution in [0.15, 0.2) is 36.4 Å². The molecule has 2 aromatic carbocycles. The third-order valence-corrected chi connectivity index (χ3v) is 5.23. The molecule has 0 bridgehead atoms. The fourth-order valence-corrected chi connectivity index (χ4v) is 3.55. The van der Waals surface area contributed by atoms with Crippen molar-refractivity contribution in [3.63, 3.8) is 0 Å². The SMILES string of the molecule is COC(O)c1cc(-c2ccc(F)cc2F)ccc1OC(=O)SC(C)C(NC(C)=O)C(=O)O. The molecule has 0 heterocycles. The zero-order chi connectivity index (χ0) is 24.0. The number of benzene rings is 2. The van der Waals surface area contributed by atoms with Gasteiger partial charge in [-0.25, -0.2) is 18.4 Å². The van der Waals surface area contributed by atoms with Gasteiger partial charge in [0.2, 0.25) is 5.91 Å². The van der Waals surface area contributed by atoms with E-state index in [9.17, 15) is 33.4 Å². The third kappa shape index (κ3) is 6.49. The second kappa shape index (κ2) is 11.0. The standard InChI is InChI=1S/C21H21F2NO7S/c1-10(18(19(26)27)24-11(2)25)32-21(29)31-17-7-4-12(8-15(17)20(28)30-3)14-6-5-13(22)9-16(14)23/h4-10,18,20,28H,1-3H3,(H,24,25)(H,26,27). The molecule has 172 valence electrons. The number of nitrogens with one attached hydrogen (secondary N) is 1. The van der Waals surface area contributed by atoms with E-state index in [1.165, 1.54) is 38.3 Å². The van der Waals surface area contributed by atoms with Crippen LogP contribution >= 0.6 is 11.8 Å². The molecular formula is C21H21F2NO7S. The van der Waals surface area contributed by atoms with Crippen LogP contribution in [0.2, 0.25) is 0 Å². The summed E-state index contributed by atoms with van der Waals surface area (Å²) in [5.74, 6) is -3.59. The van der Waals surface area contributed by atoms with Gasteiger partial charge in [0.1, 0.15) is 23.4 Å². The Hall–Kier alpha value is -3.02. The van der Waals surface area contributed by atoms with Crippen LogP contribution in [0, 0.1) is 11.6 Å². The lowest BCUT2D eigenvalue weighted by molar-refractivity contribution is -0.141. The van der Waals surface area contributed by atoms with Crippen molar-refractivity contribution in [2.75, 3.05) is 7.11 Å². The molecule has 2 aromatic rings. The summed E-state index contributed by atoms with van der Waals surface area (Å²) in [6.45, 7) is 2.57. The van der Waals surface area contributed by atoms with Crippen molar-refractivity contribution in [2.45, 2.75) is 31.4 Å². The molecular weight excluding hydrogens is 448 g/mol. The molecule has 3 unspecified atom stereocenters. The highest BCUT2D eigenvalue weighted by atomic mass is 32.2. The number of amides is 1. The normalized spacial score (nSPS) is 13.7. The number of thioether (sulfide) groups is 1. The molecule has 3 N–H and O–H groups in total. The first-order valence-corrected chi connectivity index (χ1v) is 10.1. The first-order chi connectivity index (χ1) is 15.0. The minimum atomic E-state index is -1.53. The maximum atomic E-state index is 14.1. The quantitative estimate of drug-likeness (QED) is 0.397. The predicted molar refractivity (Wildman–Crippen MR) is 112 cm³/mol. The van der Waals surface area contributed by atoms with Crippen LogP contribution in [0.1, 0.15) is 25.7 Å². The lowest BCUT2D eigenvalue weighted by atomic mass is 10.0. The Balaban J connectivity index is 2.27. The Morgan fingerprint density at radius 2 is 1.81 bits per heavy atom. The summed E-state index contributed by atoms with van der Waals surface area (Å²) in [5, 5.41) is 19.8. The second-order valence-electron chi connectivity index (χ2n) is 6.66. The van der Waals surface area contributed by atoms with Gasteiger partial charge in [-0.05, 0) is 41.6 Å². The fraction of sp³-hybridized carbons (Fsp3) is 0.286. The van der Waals surface area contributed by atoms with Crippen LogP contribution in [0.5, 0.6) is 5.75 Å². The number of hydrogen-bond donors (Lipinski definition) is 3. The zero-order valence-electron chi connectivity index (χ0n) is 17.3. The molecule has 0 spiro atoms. The first-order valence-electron chi connectivity index (χ1n) is 9.22. The number of rotatable bonds is 8. The van der Waals surface area contributed by atoms with Gasteiger partial charge in [-0.3, -0.25) is 4.79 Å².